The number of hydrogen-bond donors (Lipinski definition) is 5. The Bertz CT molecular complexity index is 1390. The van der Waals surface area contributed by atoms with Crippen molar-refractivity contribution in [2.75, 3.05) is 5.32 Å². The number of anilines is 1. The molecular formula is C29H28N4O4. The van der Waals surface area contributed by atoms with Crippen molar-refractivity contribution in [3.8, 4) is 0 Å². The van der Waals surface area contributed by atoms with E-state index < -0.39 is 11.8 Å². The van der Waals surface area contributed by atoms with Gasteiger partial charge < -0.3 is 21.5 Å². The summed E-state index contributed by atoms with van der Waals surface area (Å²) in [6.07, 6.45) is 0. The molecule has 0 aliphatic heterocycles. The number of nitrogens with one attached hydrogen (secondary N) is 3. The summed E-state index contributed by atoms with van der Waals surface area (Å²) in [7, 11) is 0. The second-order valence-corrected chi connectivity index (χ2v) is 8.27. The molecule has 188 valence electrons. The molecule has 4 aromatic carbocycles. The number of nitrogen functional groups attached to an aromatic ring is 1. The number of amides is 2. The number of rotatable bonds is 7. The number of benzene rings is 4. The van der Waals surface area contributed by atoms with Gasteiger partial charge in [-0.2, -0.15) is 0 Å². The number of fused-ring (bicyclic) bond motifs is 1. The van der Waals surface area contributed by atoms with E-state index >= 15 is 0 Å². The molecule has 0 aliphatic rings. The van der Waals surface area contributed by atoms with Crippen LogP contribution in [0, 0.1) is 5.41 Å². The van der Waals surface area contributed by atoms with Gasteiger partial charge >= 0.3 is 0 Å². The molecule has 6 N–H and O–H groups in total. The zero-order valence-electron chi connectivity index (χ0n) is 20.2. The summed E-state index contributed by atoms with van der Waals surface area (Å²) in [5.41, 5.74) is 8.13. The maximum atomic E-state index is 13.3. The molecule has 0 saturated carbocycles. The fourth-order valence-corrected chi connectivity index (χ4v) is 3.87. The van der Waals surface area contributed by atoms with Crippen LogP contribution < -0.4 is 16.4 Å². The molecule has 0 aromatic heterocycles. The maximum absolute atomic E-state index is 13.3. The fourth-order valence-electron chi connectivity index (χ4n) is 3.87. The van der Waals surface area contributed by atoms with Gasteiger partial charge in [-0.3, -0.25) is 19.8 Å². The van der Waals surface area contributed by atoms with Crippen LogP contribution in [-0.4, -0.2) is 29.2 Å². The molecular weight excluding hydrogens is 468 g/mol. The topological polar surface area (TPSA) is 145 Å². The van der Waals surface area contributed by atoms with Gasteiger partial charge in [-0.05, 0) is 59.2 Å². The third-order valence-electron chi connectivity index (χ3n) is 5.75. The first-order valence-electron chi connectivity index (χ1n) is 11.5. The molecule has 0 fully saturated rings. The quantitative estimate of drug-likeness (QED) is 0.111. The molecule has 4 rings (SSSR count). The van der Waals surface area contributed by atoms with Crippen molar-refractivity contribution in [2.45, 2.75) is 18.9 Å². The molecule has 2 amide bonds. The summed E-state index contributed by atoms with van der Waals surface area (Å²) in [6, 6.07) is 29.4. The molecule has 0 spiro atoms. The summed E-state index contributed by atoms with van der Waals surface area (Å²) in [4.78, 5) is 34.9. The van der Waals surface area contributed by atoms with Gasteiger partial charge in [0.1, 0.15) is 11.8 Å². The van der Waals surface area contributed by atoms with Gasteiger partial charge in [0.05, 0.1) is 6.04 Å². The van der Waals surface area contributed by atoms with Crippen LogP contribution in [0.1, 0.15) is 35.6 Å². The SMILES string of the molecule is C[C@H](NC(=O)C(C(=O)Nc1ccc(C(=N)N)cc1)c1ccccc1)c1ccc2ccccc2c1.O=CO. The van der Waals surface area contributed by atoms with Crippen LogP contribution in [0.25, 0.3) is 10.8 Å². The highest BCUT2D eigenvalue weighted by Crippen LogP contribution is 2.23. The van der Waals surface area contributed by atoms with Crippen molar-refractivity contribution in [1.29, 1.82) is 5.41 Å². The Morgan fingerprint density at radius 3 is 2.05 bits per heavy atom. The first-order valence-corrected chi connectivity index (χ1v) is 11.5. The average molecular weight is 497 g/mol. The van der Waals surface area contributed by atoms with E-state index in [1.807, 2.05) is 49.4 Å². The Hall–Kier alpha value is -4.98. The maximum Gasteiger partial charge on any atom is 0.290 e. The Kier molecular flexibility index (Phi) is 9.10. The Morgan fingerprint density at radius 2 is 1.43 bits per heavy atom. The summed E-state index contributed by atoms with van der Waals surface area (Å²) < 4.78 is 0. The van der Waals surface area contributed by atoms with Gasteiger partial charge in [-0.25, -0.2) is 0 Å². The summed E-state index contributed by atoms with van der Waals surface area (Å²) in [6.45, 7) is 1.66. The second kappa shape index (κ2) is 12.6. The van der Waals surface area contributed by atoms with Crippen LogP contribution in [0.5, 0.6) is 0 Å². The van der Waals surface area contributed by atoms with E-state index in [4.69, 9.17) is 21.0 Å². The van der Waals surface area contributed by atoms with Gasteiger partial charge in [-0.15, -0.1) is 0 Å². The first kappa shape index (κ1) is 26.6. The average Bonchev–Trinajstić information content (AvgIpc) is 2.90. The molecule has 8 nitrogen and oxygen atoms in total. The van der Waals surface area contributed by atoms with E-state index in [-0.39, 0.29) is 24.3 Å². The van der Waals surface area contributed by atoms with Gasteiger partial charge in [0, 0.05) is 11.3 Å². The van der Waals surface area contributed by atoms with Gasteiger partial charge in [0.25, 0.3) is 6.47 Å². The predicted octanol–water partition coefficient (Wildman–Crippen LogP) is 4.42. The van der Waals surface area contributed by atoms with Crippen molar-refractivity contribution >= 4 is 40.6 Å². The molecule has 1 unspecified atom stereocenters. The lowest BCUT2D eigenvalue weighted by Crippen LogP contribution is -2.37. The van der Waals surface area contributed by atoms with Crippen LogP contribution in [0.15, 0.2) is 97.1 Å². The molecule has 0 heterocycles. The molecule has 4 aromatic rings. The zero-order valence-corrected chi connectivity index (χ0v) is 20.2. The lowest BCUT2D eigenvalue weighted by Gasteiger charge is -2.21. The number of carboxylic acid groups (broad SMARTS) is 1. The van der Waals surface area contributed by atoms with E-state index in [1.54, 1.807) is 48.5 Å². The summed E-state index contributed by atoms with van der Waals surface area (Å²) in [5.74, 6) is -1.91. The van der Waals surface area contributed by atoms with Crippen molar-refractivity contribution in [3.63, 3.8) is 0 Å². The minimum absolute atomic E-state index is 0.0536. The predicted molar refractivity (Wildman–Crippen MR) is 144 cm³/mol. The second-order valence-electron chi connectivity index (χ2n) is 8.27. The fraction of sp³-hybridized carbons (Fsp3) is 0.103. The largest absolute Gasteiger partial charge is 0.483 e. The monoisotopic (exact) mass is 496 g/mol. The Balaban J connectivity index is 0.00000121. The lowest BCUT2D eigenvalue weighted by atomic mass is 9.95. The highest BCUT2D eigenvalue weighted by atomic mass is 16.3. The molecule has 2 atom stereocenters. The highest BCUT2D eigenvalue weighted by Gasteiger charge is 2.29. The van der Waals surface area contributed by atoms with Crippen LogP contribution in [0.2, 0.25) is 0 Å². The molecule has 0 aliphatic carbocycles. The van der Waals surface area contributed by atoms with Crippen molar-refractivity contribution in [2.24, 2.45) is 5.73 Å². The minimum atomic E-state index is -1.03. The van der Waals surface area contributed by atoms with Crippen molar-refractivity contribution in [3.05, 3.63) is 114 Å². The van der Waals surface area contributed by atoms with Gasteiger partial charge in [0.2, 0.25) is 11.8 Å². The Labute approximate surface area is 214 Å². The van der Waals surface area contributed by atoms with Crippen LogP contribution in [0.3, 0.4) is 0 Å². The number of hydrogen-bond acceptors (Lipinski definition) is 4. The van der Waals surface area contributed by atoms with Gasteiger partial charge in [-0.1, -0.05) is 66.7 Å². The van der Waals surface area contributed by atoms with Gasteiger partial charge in [0.15, 0.2) is 0 Å². The number of carbonyl (C=O) groups is 3. The normalized spacial score (nSPS) is 11.8. The standard InChI is InChI=1S/C28H26N4O2.CH2O2/c1-18(22-12-11-19-7-5-6-10-23(19)17-22)31-27(33)25(20-8-3-2-4-9-20)28(34)32-24-15-13-21(14-16-24)26(29)30;2-1-3/h2-18,25H,1H3,(H3,29,30)(H,31,33)(H,32,34);1H,(H,2,3)/t18-,25?;/m0./s1. The molecule has 0 bridgehead atoms. The van der Waals surface area contributed by atoms with Crippen LogP contribution >= 0.6 is 0 Å². The zero-order chi connectivity index (χ0) is 26.8. The third kappa shape index (κ3) is 7.02. The molecule has 8 heteroatoms. The third-order valence-corrected chi connectivity index (χ3v) is 5.75. The smallest absolute Gasteiger partial charge is 0.290 e. The molecule has 37 heavy (non-hydrogen) atoms. The number of amidine groups is 1. The number of carbonyl (C=O) groups excluding carboxylic acids is 2. The van der Waals surface area contributed by atoms with E-state index in [2.05, 4.69) is 16.7 Å². The van der Waals surface area contributed by atoms with E-state index in [1.165, 1.54) is 0 Å². The van der Waals surface area contributed by atoms with Crippen molar-refractivity contribution < 1.29 is 19.5 Å². The Morgan fingerprint density at radius 1 is 0.838 bits per heavy atom. The van der Waals surface area contributed by atoms with E-state index in [0.29, 0.717) is 16.8 Å². The minimum Gasteiger partial charge on any atom is -0.483 e. The van der Waals surface area contributed by atoms with E-state index in [0.717, 1.165) is 16.3 Å². The van der Waals surface area contributed by atoms with Crippen LogP contribution in [-0.2, 0) is 14.4 Å². The highest BCUT2D eigenvalue weighted by molar-refractivity contribution is 6.11. The van der Waals surface area contributed by atoms with Crippen LogP contribution in [0.4, 0.5) is 5.69 Å². The summed E-state index contributed by atoms with van der Waals surface area (Å²) in [5, 5.41) is 22.4. The molecule has 0 saturated heterocycles. The summed E-state index contributed by atoms with van der Waals surface area (Å²) >= 11 is 0. The van der Waals surface area contributed by atoms with E-state index in [9.17, 15) is 9.59 Å². The van der Waals surface area contributed by atoms with Crippen molar-refractivity contribution in [1.82, 2.24) is 5.32 Å². The number of nitrogens with two attached hydrogens (primary N) is 1. The molecule has 0 radical (unpaired) electrons. The first-order chi connectivity index (χ1) is 17.8. The lowest BCUT2D eigenvalue weighted by molar-refractivity contribution is -0.129.